The average molecular weight is 315 g/mol. The van der Waals surface area contributed by atoms with Gasteiger partial charge in [-0.15, -0.1) is 0 Å². The third-order valence-electron chi connectivity index (χ3n) is 3.58. The number of ether oxygens (including phenoxy) is 1. The molecule has 1 saturated heterocycles. The predicted molar refractivity (Wildman–Crippen MR) is 77.7 cm³/mol. The minimum absolute atomic E-state index is 0.166. The van der Waals surface area contributed by atoms with E-state index in [0.29, 0.717) is 38.2 Å². The lowest BCUT2D eigenvalue weighted by atomic mass is 10.2. The maximum Gasteiger partial charge on any atom is 0.341 e. The van der Waals surface area contributed by atoms with E-state index >= 15 is 0 Å². The fourth-order valence-electron chi connectivity index (χ4n) is 2.39. The van der Waals surface area contributed by atoms with Crippen LogP contribution in [0.3, 0.4) is 0 Å². The van der Waals surface area contributed by atoms with Gasteiger partial charge in [-0.05, 0) is 19.9 Å². The summed E-state index contributed by atoms with van der Waals surface area (Å²) in [6.45, 7) is 3.76. The van der Waals surface area contributed by atoms with Gasteiger partial charge in [0.25, 0.3) is 0 Å². The van der Waals surface area contributed by atoms with E-state index in [1.807, 2.05) is 4.90 Å². The van der Waals surface area contributed by atoms with E-state index in [0.717, 1.165) is 5.69 Å². The second kappa shape index (κ2) is 6.57. The molecule has 0 atom stereocenters. The molecular formula is C13H21N3O4S. The van der Waals surface area contributed by atoms with Crippen LogP contribution in [0.5, 0.6) is 0 Å². The number of carbonyl (C=O) groups is 1. The first kappa shape index (κ1) is 16.0. The van der Waals surface area contributed by atoms with Crippen molar-refractivity contribution in [2.75, 3.05) is 31.2 Å². The zero-order chi connectivity index (χ0) is 15.5. The molecule has 0 aromatic carbocycles. The lowest BCUT2D eigenvalue weighted by molar-refractivity contribution is 0.0523. The van der Waals surface area contributed by atoms with Crippen molar-refractivity contribution in [1.29, 1.82) is 0 Å². The molecule has 1 aromatic rings. The lowest BCUT2D eigenvalue weighted by Crippen LogP contribution is -2.28. The van der Waals surface area contributed by atoms with Gasteiger partial charge in [-0.3, -0.25) is 9.58 Å². The monoisotopic (exact) mass is 315 g/mol. The highest BCUT2D eigenvalue weighted by atomic mass is 32.2. The SMILES string of the molecule is CCOC(=O)c1cnn(C)c1CN1CCCS(=O)(=O)CC1. The number of esters is 1. The van der Waals surface area contributed by atoms with Crippen molar-refractivity contribution < 1.29 is 17.9 Å². The van der Waals surface area contributed by atoms with Crippen LogP contribution in [-0.2, 0) is 28.2 Å². The Morgan fingerprint density at radius 1 is 1.38 bits per heavy atom. The zero-order valence-electron chi connectivity index (χ0n) is 12.4. The molecule has 0 radical (unpaired) electrons. The van der Waals surface area contributed by atoms with Crippen LogP contribution in [0.15, 0.2) is 6.20 Å². The van der Waals surface area contributed by atoms with E-state index in [1.54, 1.807) is 18.7 Å². The van der Waals surface area contributed by atoms with Crippen LogP contribution < -0.4 is 0 Å². The normalized spacial score (nSPS) is 19.1. The Kier molecular flexibility index (Phi) is 5.00. The van der Waals surface area contributed by atoms with Crippen LogP contribution in [0, 0.1) is 0 Å². The number of sulfone groups is 1. The molecule has 0 spiro atoms. The number of rotatable bonds is 4. The summed E-state index contributed by atoms with van der Waals surface area (Å²) in [6, 6.07) is 0. The molecule has 1 aliphatic heterocycles. The van der Waals surface area contributed by atoms with Gasteiger partial charge in [-0.2, -0.15) is 5.10 Å². The number of carbonyl (C=O) groups excluding carboxylic acids is 1. The van der Waals surface area contributed by atoms with E-state index in [1.165, 1.54) is 6.20 Å². The zero-order valence-corrected chi connectivity index (χ0v) is 13.2. The maximum atomic E-state index is 11.9. The maximum absolute atomic E-state index is 11.9. The molecule has 0 aliphatic carbocycles. The van der Waals surface area contributed by atoms with Crippen molar-refractivity contribution in [3.05, 3.63) is 17.5 Å². The van der Waals surface area contributed by atoms with Crippen LogP contribution in [0.1, 0.15) is 29.4 Å². The largest absolute Gasteiger partial charge is 0.462 e. The highest BCUT2D eigenvalue weighted by Gasteiger charge is 2.23. The molecule has 1 fully saturated rings. The van der Waals surface area contributed by atoms with Crippen LogP contribution >= 0.6 is 0 Å². The van der Waals surface area contributed by atoms with Crippen molar-refractivity contribution in [1.82, 2.24) is 14.7 Å². The first-order chi connectivity index (χ1) is 9.93. The molecule has 2 heterocycles. The minimum Gasteiger partial charge on any atom is -0.462 e. The van der Waals surface area contributed by atoms with E-state index in [-0.39, 0.29) is 17.5 Å². The van der Waals surface area contributed by atoms with Gasteiger partial charge < -0.3 is 4.74 Å². The van der Waals surface area contributed by atoms with Gasteiger partial charge in [0.15, 0.2) is 9.84 Å². The Balaban J connectivity index is 2.12. The lowest BCUT2D eigenvalue weighted by Gasteiger charge is -2.19. The summed E-state index contributed by atoms with van der Waals surface area (Å²) in [7, 11) is -1.16. The summed E-state index contributed by atoms with van der Waals surface area (Å²) in [4.78, 5) is 13.9. The molecule has 0 amide bonds. The van der Waals surface area contributed by atoms with Crippen LogP contribution in [-0.4, -0.2) is 60.3 Å². The van der Waals surface area contributed by atoms with E-state index < -0.39 is 9.84 Å². The van der Waals surface area contributed by atoms with Gasteiger partial charge in [0.2, 0.25) is 0 Å². The van der Waals surface area contributed by atoms with Gasteiger partial charge in [-0.1, -0.05) is 0 Å². The summed E-state index contributed by atoms with van der Waals surface area (Å²) in [5, 5.41) is 4.11. The molecule has 2 rings (SSSR count). The van der Waals surface area contributed by atoms with Crippen LogP contribution in [0.2, 0.25) is 0 Å². The number of aromatic nitrogens is 2. The number of nitrogens with zero attached hydrogens (tertiary/aromatic N) is 3. The summed E-state index contributed by atoms with van der Waals surface area (Å²) in [5.41, 5.74) is 1.21. The number of hydrogen-bond donors (Lipinski definition) is 0. The van der Waals surface area contributed by atoms with E-state index in [2.05, 4.69) is 5.10 Å². The first-order valence-electron chi connectivity index (χ1n) is 7.03. The number of aryl methyl sites for hydroxylation is 1. The smallest absolute Gasteiger partial charge is 0.341 e. The van der Waals surface area contributed by atoms with Gasteiger partial charge in [-0.25, -0.2) is 13.2 Å². The Bertz CT molecular complexity index is 609. The summed E-state index contributed by atoms with van der Waals surface area (Å²) < 4.78 is 29.9. The first-order valence-corrected chi connectivity index (χ1v) is 8.86. The Labute approximate surface area is 124 Å². The van der Waals surface area contributed by atoms with Gasteiger partial charge >= 0.3 is 5.97 Å². The van der Waals surface area contributed by atoms with Crippen LogP contribution in [0.25, 0.3) is 0 Å². The standard InChI is InChI=1S/C13H21N3O4S/c1-3-20-13(17)11-9-14-15(2)12(11)10-16-5-4-7-21(18,19)8-6-16/h9H,3-8,10H2,1-2H3. The molecule has 0 bridgehead atoms. The molecule has 118 valence electrons. The van der Waals surface area contributed by atoms with Gasteiger partial charge in [0.05, 0.1) is 30.0 Å². The molecule has 0 N–H and O–H groups in total. The topological polar surface area (TPSA) is 81.5 Å². The molecule has 0 unspecified atom stereocenters. The molecule has 1 aromatic heterocycles. The van der Waals surface area contributed by atoms with E-state index in [4.69, 9.17) is 4.74 Å². The minimum atomic E-state index is -2.93. The van der Waals surface area contributed by atoms with E-state index in [9.17, 15) is 13.2 Å². The van der Waals surface area contributed by atoms with Crippen molar-refractivity contribution in [2.24, 2.45) is 7.05 Å². The molecule has 7 nitrogen and oxygen atoms in total. The van der Waals surface area contributed by atoms with Crippen LogP contribution in [0.4, 0.5) is 0 Å². The predicted octanol–water partition coefficient (Wildman–Crippen LogP) is 0.217. The van der Waals surface area contributed by atoms with Crippen molar-refractivity contribution in [3.8, 4) is 0 Å². The Morgan fingerprint density at radius 2 is 2.14 bits per heavy atom. The van der Waals surface area contributed by atoms with Gasteiger partial charge in [0.1, 0.15) is 5.56 Å². The molecule has 8 heteroatoms. The summed E-state index contributed by atoms with van der Waals surface area (Å²) in [6.07, 6.45) is 2.12. The third kappa shape index (κ3) is 4.04. The molecule has 21 heavy (non-hydrogen) atoms. The van der Waals surface area contributed by atoms with Crippen molar-refractivity contribution in [2.45, 2.75) is 19.9 Å². The highest BCUT2D eigenvalue weighted by Crippen LogP contribution is 2.14. The summed E-state index contributed by atoms with van der Waals surface area (Å²) >= 11 is 0. The quantitative estimate of drug-likeness (QED) is 0.739. The van der Waals surface area contributed by atoms with Crippen molar-refractivity contribution in [3.63, 3.8) is 0 Å². The Hall–Kier alpha value is -1.41. The van der Waals surface area contributed by atoms with Gasteiger partial charge in [0, 0.05) is 20.1 Å². The number of hydrogen-bond acceptors (Lipinski definition) is 6. The average Bonchev–Trinajstić information content (AvgIpc) is 2.67. The fraction of sp³-hybridized carbons (Fsp3) is 0.692. The summed E-state index contributed by atoms with van der Waals surface area (Å²) in [5.74, 6) is 0.0159. The Morgan fingerprint density at radius 3 is 2.86 bits per heavy atom. The highest BCUT2D eigenvalue weighted by molar-refractivity contribution is 7.91. The fourth-order valence-corrected chi connectivity index (χ4v) is 3.70. The van der Waals surface area contributed by atoms with Crippen molar-refractivity contribution >= 4 is 15.8 Å². The molecular weight excluding hydrogens is 294 g/mol. The third-order valence-corrected chi connectivity index (χ3v) is 5.29. The molecule has 1 aliphatic rings. The second-order valence-electron chi connectivity index (χ2n) is 5.13. The molecule has 0 saturated carbocycles. The second-order valence-corrected chi connectivity index (χ2v) is 7.43.